The smallest absolute Gasteiger partial charge is 0.222 e. The van der Waals surface area contributed by atoms with Crippen molar-refractivity contribution in [1.29, 1.82) is 0 Å². The lowest BCUT2D eigenvalue weighted by Crippen LogP contribution is -2.39. The number of methoxy groups -OCH3 is 1. The van der Waals surface area contributed by atoms with Crippen molar-refractivity contribution in [2.45, 2.75) is 50.7 Å². The number of fused-ring (bicyclic) bond motifs is 2. The van der Waals surface area contributed by atoms with E-state index >= 15 is 0 Å². The topological polar surface area (TPSA) is 41.6 Å². The Balaban J connectivity index is 1.53. The molecule has 1 N–H and O–H groups in total. The fourth-order valence-electron chi connectivity index (χ4n) is 3.88. The summed E-state index contributed by atoms with van der Waals surface area (Å²) >= 11 is 0. The maximum Gasteiger partial charge on any atom is 0.222 e. The van der Waals surface area contributed by atoms with Crippen molar-refractivity contribution in [3.63, 3.8) is 0 Å². The molecule has 2 aliphatic heterocycles. The van der Waals surface area contributed by atoms with E-state index in [2.05, 4.69) is 5.32 Å². The second-order valence-electron chi connectivity index (χ2n) is 6.78. The minimum atomic E-state index is 0.258. The normalized spacial score (nSPS) is 26.7. The third kappa shape index (κ3) is 3.61. The summed E-state index contributed by atoms with van der Waals surface area (Å²) in [6.45, 7) is 0.647. The maximum absolute atomic E-state index is 12.5. The molecular weight excluding hydrogens is 276 g/mol. The Morgan fingerprint density at radius 2 is 2.05 bits per heavy atom. The number of hydrogen-bond acceptors (Lipinski definition) is 3. The first kappa shape index (κ1) is 15.3. The maximum atomic E-state index is 12.5. The Hall–Kier alpha value is -1.55. The van der Waals surface area contributed by atoms with E-state index in [0.29, 0.717) is 31.0 Å². The predicted molar refractivity (Wildman–Crippen MR) is 86.8 cm³/mol. The van der Waals surface area contributed by atoms with Gasteiger partial charge in [-0.2, -0.15) is 0 Å². The first-order chi connectivity index (χ1) is 10.6. The lowest BCUT2D eigenvalue weighted by molar-refractivity contribution is -0.131. The molecule has 1 amide bonds. The van der Waals surface area contributed by atoms with Gasteiger partial charge in [-0.25, -0.2) is 0 Å². The summed E-state index contributed by atoms with van der Waals surface area (Å²) in [5.74, 6) is 1.65. The molecule has 0 aromatic heterocycles. The molecule has 4 heteroatoms. The molecule has 22 heavy (non-hydrogen) atoms. The minimum Gasteiger partial charge on any atom is -0.497 e. The number of nitrogens with zero attached hydrogens (tertiary/aromatic N) is 1. The van der Waals surface area contributed by atoms with E-state index < -0.39 is 0 Å². The largest absolute Gasteiger partial charge is 0.497 e. The molecule has 2 aliphatic rings. The highest BCUT2D eigenvalue weighted by molar-refractivity contribution is 5.76. The zero-order valence-electron chi connectivity index (χ0n) is 13.5. The van der Waals surface area contributed by atoms with Gasteiger partial charge >= 0.3 is 0 Å². The molecule has 1 aromatic carbocycles. The van der Waals surface area contributed by atoms with Gasteiger partial charge in [-0.1, -0.05) is 12.1 Å². The molecule has 4 nitrogen and oxygen atoms in total. The highest BCUT2D eigenvalue weighted by Gasteiger charge is 2.34. The van der Waals surface area contributed by atoms with Gasteiger partial charge in [0, 0.05) is 32.1 Å². The fourth-order valence-corrected chi connectivity index (χ4v) is 3.88. The molecule has 2 heterocycles. The average molecular weight is 302 g/mol. The Labute approximate surface area is 132 Å². The predicted octanol–water partition coefficient (Wildman–Crippen LogP) is 2.57. The van der Waals surface area contributed by atoms with Crippen LogP contribution in [0.2, 0.25) is 0 Å². The van der Waals surface area contributed by atoms with Gasteiger partial charge in [-0.15, -0.1) is 0 Å². The van der Waals surface area contributed by atoms with Crippen LogP contribution in [0.1, 0.15) is 37.7 Å². The highest BCUT2D eigenvalue weighted by atomic mass is 16.5. The minimum absolute atomic E-state index is 0.258. The molecule has 2 bridgehead atoms. The monoisotopic (exact) mass is 302 g/mol. The number of amides is 1. The lowest BCUT2D eigenvalue weighted by Gasteiger charge is -2.30. The Kier molecular flexibility index (Phi) is 4.67. The van der Waals surface area contributed by atoms with E-state index in [-0.39, 0.29) is 5.91 Å². The first-order valence-corrected chi connectivity index (χ1v) is 8.27. The number of carbonyl (C=O) groups is 1. The van der Waals surface area contributed by atoms with E-state index in [1.54, 1.807) is 7.11 Å². The van der Waals surface area contributed by atoms with Gasteiger partial charge in [-0.3, -0.25) is 4.79 Å². The summed E-state index contributed by atoms with van der Waals surface area (Å²) in [6.07, 6.45) is 5.59. The van der Waals surface area contributed by atoms with Gasteiger partial charge in [-0.05, 0) is 49.3 Å². The van der Waals surface area contributed by atoms with Gasteiger partial charge < -0.3 is 15.0 Å². The summed E-state index contributed by atoms with van der Waals surface area (Å²) in [7, 11) is 3.57. The highest BCUT2D eigenvalue weighted by Crippen LogP contribution is 2.33. The molecule has 0 radical (unpaired) electrons. The lowest BCUT2D eigenvalue weighted by atomic mass is 9.89. The summed E-state index contributed by atoms with van der Waals surface area (Å²) in [4.78, 5) is 14.3. The summed E-state index contributed by atoms with van der Waals surface area (Å²) in [5.41, 5.74) is 1.11. The zero-order valence-corrected chi connectivity index (χ0v) is 13.5. The molecular formula is C18H26N2O2. The van der Waals surface area contributed by atoms with Crippen LogP contribution in [-0.2, 0) is 11.3 Å². The summed E-state index contributed by atoms with van der Waals surface area (Å²) < 4.78 is 5.24. The van der Waals surface area contributed by atoms with Crippen LogP contribution in [0.4, 0.5) is 0 Å². The van der Waals surface area contributed by atoms with Gasteiger partial charge in [0.2, 0.25) is 5.91 Å². The molecule has 2 unspecified atom stereocenters. The van der Waals surface area contributed by atoms with Crippen molar-refractivity contribution >= 4 is 5.91 Å². The second kappa shape index (κ2) is 6.69. The van der Waals surface area contributed by atoms with Crippen molar-refractivity contribution in [3.8, 4) is 5.75 Å². The number of rotatable bonds is 5. The van der Waals surface area contributed by atoms with Crippen molar-refractivity contribution in [3.05, 3.63) is 29.8 Å². The van der Waals surface area contributed by atoms with Crippen LogP contribution in [0.3, 0.4) is 0 Å². The van der Waals surface area contributed by atoms with E-state index in [1.165, 1.54) is 12.8 Å². The van der Waals surface area contributed by atoms with Crippen LogP contribution < -0.4 is 10.1 Å². The molecule has 0 spiro atoms. The average Bonchev–Trinajstić information content (AvgIpc) is 2.86. The number of benzene rings is 1. The Morgan fingerprint density at radius 3 is 2.73 bits per heavy atom. The van der Waals surface area contributed by atoms with Gasteiger partial charge in [0.25, 0.3) is 0 Å². The number of nitrogens with one attached hydrogen (secondary N) is 1. The molecule has 2 saturated heterocycles. The standard InChI is InChI=1S/C18H26N2O2/c1-20(12-13-4-3-5-17(10-13)22-2)18(21)11-14-8-15-6-7-16(9-14)19-15/h3-5,10,14-16,19H,6-9,11-12H2,1-2H3. The van der Waals surface area contributed by atoms with Crippen molar-refractivity contribution in [2.24, 2.45) is 5.92 Å². The van der Waals surface area contributed by atoms with Crippen molar-refractivity contribution < 1.29 is 9.53 Å². The molecule has 0 aliphatic carbocycles. The van der Waals surface area contributed by atoms with E-state index in [9.17, 15) is 4.79 Å². The molecule has 1 aromatic rings. The van der Waals surface area contributed by atoms with E-state index in [1.807, 2.05) is 36.2 Å². The Bertz CT molecular complexity index is 520. The number of piperidine rings is 1. The van der Waals surface area contributed by atoms with Crippen LogP contribution in [0.15, 0.2) is 24.3 Å². The van der Waals surface area contributed by atoms with E-state index in [4.69, 9.17) is 4.74 Å². The quantitative estimate of drug-likeness (QED) is 0.909. The molecule has 0 saturated carbocycles. The summed E-state index contributed by atoms with van der Waals surface area (Å²) in [5, 5.41) is 3.64. The van der Waals surface area contributed by atoms with Gasteiger partial charge in [0.15, 0.2) is 0 Å². The number of hydrogen-bond donors (Lipinski definition) is 1. The van der Waals surface area contributed by atoms with Crippen LogP contribution in [0, 0.1) is 5.92 Å². The third-order valence-electron chi connectivity index (χ3n) is 5.01. The van der Waals surface area contributed by atoms with Crippen molar-refractivity contribution in [1.82, 2.24) is 10.2 Å². The van der Waals surface area contributed by atoms with E-state index in [0.717, 1.165) is 24.2 Å². The van der Waals surface area contributed by atoms with Crippen LogP contribution >= 0.6 is 0 Å². The Morgan fingerprint density at radius 1 is 1.32 bits per heavy atom. The molecule has 2 fully saturated rings. The first-order valence-electron chi connectivity index (χ1n) is 8.27. The molecule has 2 atom stereocenters. The third-order valence-corrected chi connectivity index (χ3v) is 5.01. The van der Waals surface area contributed by atoms with Gasteiger partial charge in [0.1, 0.15) is 5.75 Å². The second-order valence-corrected chi connectivity index (χ2v) is 6.78. The van der Waals surface area contributed by atoms with Gasteiger partial charge in [0.05, 0.1) is 7.11 Å². The summed E-state index contributed by atoms with van der Waals surface area (Å²) in [6, 6.07) is 9.24. The molecule has 120 valence electrons. The number of ether oxygens (including phenoxy) is 1. The fraction of sp³-hybridized carbons (Fsp3) is 0.611. The zero-order chi connectivity index (χ0) is 15.5. The number of carbonyl (C=O) groups excluding carboxylic acids is 1. The van der Waals surface area contributed by atoms with Crippen molar-refractivity contribution in [2.75, 3.05) is 14.2 Å². The van der Waals surface area contributed by atoms with Crippen LogP contribution in [0.5, 0.6) is 5.75 Å². The van der Waals surface area contributed by atoms with Crippen LogP contribution in [0.25, 0.3) is 0 Å². The van der Waals surface area contributed by atoms with Crippen LogP contribution in [-0.4, -0.2) is 37.0 Å². The SMILES string of the molecule is COc1cccc(CN(C)C(=O)CC2CC3CCC(C2)N3)c1. The molecule has 3 rings (SSSR count).